The summed E-state index contributed by atoms with van der Waals surface area (Å²) in [5.41, 5.74) is -0.510. The smallest absolute Gasteiger partial charge is 0.274 e. The van der Waals surface area contributed by atoms with Crippen molar-refractivity contribution in [1.29, 1.82) is 0 Å². The summed E-state index contributed by atoms with van der Waals surface area (Å²) in [4.78, 5) is 24.0. The Morgan fingerprint density at radius 2 is 1.79 bits per heavy atom. The first-order valence-electron chi connectivity index (χ1n) is 13.0. The lowest BCUT2D eigenvalue weighted by molar-refractivity contribution is -0.209. The van der Waals surface area contributed by atoms with Gasteiger partial charge < -0.3 is 15.3 Å². The van der Waals surface area contributed by atoms with Crippen LogP contribution in [0.1, 0.15) is 35.3 Å². The summed E-state index contributed by atoms with van der Waals surface area (Å²) in [6.07, 6.45) is -0.945. The van der Waals surface area contributed by atoms with Gasteiger partial charge in [0.2, 0.25) is 0 Å². The molecule has 14 heteroatoms. The van der Waals surface area contributed by atoms with Gasteiger partial charge >= 0.3 is 0 Å². The van der Waals surface area contributed by atoms with Crippen molar-refractivity contribution < 1.29 is 27.5 Å². The molecule has 2 N–H and O–H groups in total. The highest BCUT2D eigenvalue weighted by Crippen LogP contribution is 2.56. The molecule has 4 aromatic heterocycles. The van der Waals surface area contributed by atoms with Crippen molar-refractivity contribution in [3.63, 3.8) is 0 Å². The summed E-state index contributed by atoms with van der Waals surface area (Å²) in [7, 11) is 0. The van der Waals surface area contributed by atoms with E-state index in [-0.39, 0.29) is 41.0 Å². The van der Waals surface area contributed by atoms with Crippen molar-refractivity contribution >= 4 is 40.2 Å². The van der Waals surface area contributed by atoms with Gasteiger partial charge in [0.1, 0.15) is 16.9 Å². The SMILES string of the molecule is O=C(Nc1cc(-c2nc3ccc(Cl)cn3n2)ccc1C(F)F)c1cnc2ccc(N3CC4(C3)CC(O)(C(F)F)C4)cn12. The fourth-order valence-electron chi connectivity index (χ4n) is 6.06. The number of carbonyl (C=O) groups excluding carboxylic acids is 1. The van der Waals surface area contributed by atoms with Crippen molar-refractivity contribution in [3.05, 3.63) is 77.3 Å². The van der Waals surface area contributed by atoms with Gasteiger partial charge in [0.15, 0.2) is 11.5 Å². The van der Waals surface area contributed by atoms with E-state index >= 15 is 0 Å². The second-order valence-corrected chi connectivity index (χ2v) is 11.5. The molecule has 1 saturated carbocycles. The van der Waals surface area contributed by atoms with E-state index in [1.54, 1.807) is 35.0 Å². The van der Waals surface area contributed by atoms with Crippen molar-refractivity contribution in [2.24, 2.45) is 5.41 Å². The maximum atomic E-state index is 13.9. The number of rotatable bonds is 6. The minimum absolute atomic E-state index is 0.0406. The monoisotopic (exact) mass is 599 g/mol. The molecule has 1 aromatic carbocycles. The number of benzene rings is 1. The molecule has 0 unspecified atom stereocenters. The molecular weight excluding hydrogens is 578 g/mol. The fraction of sp³-hybridized carbons (Fsp3) is 0.286. The molecule has 1 spiro atoms. The Morgan fingerprint density at radius 1 is 1.02 bits per heavy atom. The number of pyridine rings is 2. The molecule has 1 amide bonds. The highest BCUT2D eigenvalue weighted by Gasteiger charge is 2.63. The summed E-state index contributed by atoms with van der Waals surface area (Å²) >= 11 is 6.02. The molecule has 5 aromatic rings. The quantitative estimate of drug-likeness (QED) is 0.251. The number of anilines is 2. The van der Waals surface area contributed by atoms with Crippen LogP contribution in [0.15, 0.2) is 61.1 Å². The zero-order valence-electron chi connectivity index (χ0n) is 21.7. The van der Waals surface area contributed by atoms with Crippen LogP contribution in [-0.4, -0.2) is 60.1 Å². The summed E-state index contributed by atoms with van der Waals surface area (Å²) in [6, 6.07) is 10.9. The first-order valence-corrected chi connectivity index (χ1v) is 13.4. The first kappa shape index (κ1) is 26.7. The maximum Gasteiger partial charge on any atom is 0.274 e. The van der Waals surface area contributed by atoms with E-state index in [0.717, 1.165) is 5.69 Å². The van der Waals surface area contributed by atoms with Gasteiger partial charge in [-0.15, -0.1) is 5.10 Å². The topological polar surface area (TPSA) is 100 Å². The van der Waals surface area contributed by atoms with Gasteiger partial charge in [0.25, 0.3) is 18.8 Å². The molecule has 216 valence electrons. The Morgan fingerprint density at radius 3 is 2.52 bits per heavy atom. The Hall–Kier alpha value is -4.23. The number of hydrogen-bond donors (Lipinski definition) is 2. The second-order valence-electron chi connectivity index (χ2n) is 11.0. The lowest BCUT2D eigenvalue weighted by atomic mass is 9.55. The third-order valence-electron chi connectivity index (χ3n) is 8.00. The summed E-state index contributed by atoms with van der Waals surface area (Å²) in [5.74, 6) is -0.395. The molecule has 9 nitrogen and oxygen atoms in total. The van der Waals surface area contributed by atoms with Gasteiger partial charge in [-0.25, -0.2) is 32.0 Å². The number of halogens is 5. The number of aromatic nitrogens is 5. The normalized spacial score (nSPS) is 17.3. The van der Waals surface area contributed by atoms with Crippen molar-refractivity contribution in [3.8, 4) is 11.4 Å². The standard InChI is InChI=1S/C28H22ClF4N7O2/c29-16-2-5-22-36-24(37-40(22)9-16)15-1-4-18(23(30)31)19(7-15)35-25(41)20-8-34-21-6-3-17(10-39(20)21)38-13-27(14-38)11-28(42,12-27)26(32)33/h1-10,23,26,42H,11-14H2,(H,35,41). The molecule has 1 aliphatic carbocycles. The van der Waals surface area contributed by atoms with Crippen LogP contribution in [0, 0.1) is 5.41 Å². The summed E-state index contributed by atoms with van der Waals surface area (Å²) < 4.78 is 57.0. The van der Waals surface area contributed by atoms with Crippen LogP contribution in [0.2, 0.25) is 5.02 Å². The summed E-state index contributed by atoms with van der Waals surface area (Å²) in [6.45, 7) is 0.995. The zero-order valence-corrected chi connectivity index (χ0v) is 22.4. The van der Waals surface area contributed by atoms with Gasteiger partial charge in [-0.3, -0.25) is 9.20 Å². The molecule has 2 fully saturated rings. The molecule has 42 heavy (non-hydrogen) atoms. The number of imidazole rings is 1. The fourth-order valence-corrected chi connectivity index (χ4v) is 6.21. The van der Waals surface area contributed by atoms with Gasteiger partial charge in [-0.2, -0.15) is 0 Å². The van der Waals surface area contributed by atoms with E-state index in [1.165, 1.54) is 28.9 Å². The van der Waals surface area contributed by atoms with Crippen molar-refractivity contribution in [2.75, 3.05) is 23.3 Å². The molecule has 2 aliphatic rings. The number of nitrogens with zero attached hydrogens (tertiary/aromatic N) is 6. The van der Waals surface area contributed by atoms with Crippen molar-refractivity contribution in [2.45, 2.75) is 31.3 Å². The average Bonchev–Trinajstić information content (AvgIpc) is 3.53. The number of nitrogens with one attached hydrogen (secondary N) is 1. The number of aliphatic hydroxyl groups is 1. The van der Waals surface area contributed by atoms with Crippen LogP contribution in [0.5, 0.6) is 0 Å². The van der Waals surface area contributed by atoms with Gasteiger partial charge in [0, 0.05) is 42.0 Å². The lowest BCUT2D eigenvalue weighted by Gasteiger charge is -2.62. The van der Waals surface area contributed by atoms with E-state index in [0.29, 0.717) is 35.0 Å². The first-order chi connectivity index (χ1) is 20.0. The Bertz CT molecular complexity index is 1860. The predicted octanol–water partition coefficient (Wildman–Crippen LogP) is 5.48. The van der Waals surface area contributed by atoms with E-state index in [4.69, 9.17) is 11.6 Å². The number of alkyl halides is 4. The predicted molar refractivity (Wildman–Crippen MR) is 146 cm³/mol. The maximum absolute atomic E-state index is 13.9. The Balaban J connectivity index is 1.14. The number of hydrogen-bond acceptors (Lipinski definition) is 6. The summed E-state index contributed by atoms with van der Waals surface area (Å²) in [5, 5.41) is 17.4. The van der Waals surface area contributed by atoms with Crippen molar-refractivity contribution in [1.82, 2.24) is 24.0 Å². The molecule has 5 heterocycles. The number of amides is 1. The molecule has 7 rings (SSSR count). The van der Waals surface area contributed by atoms with E-state index in [2.05, 4.69) is 20.4 Å². The molecule has 0 atom stereocenters. The zero-order chi connectivity index (χ0) is 29.4. The largest absolute Gasteiger partial charge is 0.384 e. The number of carbonyl (C=O) groups is 1. The van der Waals surface area contributed by atoms with Crippen LogP contribution >= 0.6 is 11.6 Å². The van der Waals surface area contributed by atoms with Gasteiger partial charge in [0.05, 0.1) is 22.6 Å². The lowest BCUT2D eigenvalue weighted by Crippen LogP contribution is -2.70. The van der Waals surface area contributed by atoms with Crippen LogP contribution in [0.3, 0.4) is 0 Å². The van der Waals surface area contributed by atoms with Gasteiger partial charge in [-0.1, -0.05) is 23.7 Å². The Labute approximate surface area is 240 Å². The van der Waals surface area contributed by atoms with E-state index < -0.39 is 24.4 Å². The molecule has 0 radical (unpaired) electrons. The minimum Gasteiger partial charge on any atom is -0.384 e. The molecule has 1 saturated heterocycles. The third kappa shape index (κ3) is 4.34. The average molecular weight is 600 g/mol. The third-order valence-corrected chi connectivity index (χ3v) is 8.22. The molecule has 1 aliphatic heterocycles. The van der Waals surface area contributed by atoms with Crippen LogP contribution < -0.4 is 10.2 Å². The van der Waals surface area contributed by atoms with Crippen LogP contribution in [0.4, 0.5) is 28.9 Å². The van der Waals surface area contributed by atoms with Crippen LogP contribution in [0.25, 0.3) is 22.7 Å². The van der Waals surface area contributed by atoms with Gasteiger partial charge in [-0.05, 0) is 43.2 Å². The molecular formula is C28H22ClF4N7O2. The molecule has 0 bridgehead atoms. The van der Waals surface area contributed by atoms with E-state index in [1.807, 2.05) is 11.0 Å². The minimum atomic E-state index is -2.86. The highest BCUT2D eigenvalue weighted by atomic mass is 35.5. The van der Waals surface area contributed by atoms with E-state index in [9.17, 15) is 27.5 Å². The second kappa shape index (κ2) is 9.39. The Kier molecular flexibility index (Phi) is 5.96. The number of fused-ring (bicyclic) bond motifs is 2. The van der Waals surface area contributed by atoms with Crippen LogP contribution in [-0.2, 0) is 0 Å². The highest BCUT2D eigenvalue weighted by molar-refractivity contribution is 6.30.